The first-order valence-corrected chi connectivity index (χ1v) is 10.4. The zero-order chi connectivity index (χ0) is 21.3. The Morgan fingerprint density at radius 2 is 1.93 bits per heavy atom. The van der Waals surface area contributed by atoms with E-state index in [1.54, 1.807) is 23.4 Å². The van der Waals surface area contributed by atoms with E-state index in [1.807, 2.05) is 13.8 Å². The predicted octanol–water partition coefficient (Wildman–Crippen LogP) is 2.10. The number of nitrogens with two attached hydrogens (primary N) is 1. The number of ether oxygens (including phenoxy) is 1. The van der Waals surface area contributed by atoms with Crippen molar-refractivity contribution >= 4 is 23.1 Å². The number of nitrogens with one attached hydrogen (secondary N) is 1. The van der Waals surface area contributed by atoms with E-state index < -0.39 is 0 Å². The molecule has 0 aliphatic carbocycles. The number of nitrogens with zero attached hydrogens (tertiary/aromatic N) is 4. The molecular weight excluding hydrogens is 404 g/mol. The van der Waals surface area contributed by atoms with Gasteiger partial charge >= 0.3 is 0 Å². The second-order valence-electron chi connectivity index (χ2n) is 7.64. The van der Waals surface area contributed by atoms with E-state index in [0.29, 0.717) is 52.3 Å². The minimum atomic E-state index is -0.151. The van der Waals surface area contributed by atoms with E-state index in [9.17, 15) is 4.79 Å². The summed E-state index contributed by atoms with van der Waals surface area (Å²) in [7, 11) is 0. The standard InChI is InChI=1S/C21H25ClN6O2/c1-12-19(22)13(2)27-20(26-12)16-10-28(11-17(16)23)21(29)15-5-8-25-9-18(15)30-14-3-6-24-7-4-14/h5,8-9,14,24H,3-4,6-7,10-11,23H2,1-2H3. The lowest BCUT2D eigenvalue weighted by Gasteiger charge is -2.25. The van der Waals surface area contributed by atoms with Crippen molar-refractivity contribution < 1.29 is 9.53 Å². The van der Waals surface area contributed by atoms with Crippen LogP contribution in [0, 0.1) is 13.8 Å². The molecule has 30 heavy (non-hydrogen) atoms. The summed E-state index contributed by atoms with van der Waals surface area (Å²) in [4.78, 5) is 28.0. The number of piperidine rings is 1. The summed E-state index contributed by atoms with van der Waals surface area (Å²) in [5, 5.41) is 3.85. The second kappa shape index (κ2) is 8.57. The zero-order valence-electron chi connectivity index (χ0n) is 17.1. The van der Waals surface area contributed by atoms with Gasteiger partial charge in [-0.15, -0.1) is 0 Å². The Balaban J connectivity index is 1.53. The molecule has 0 aromatic carbocycles. The van der Waals surface area contributed by atoms with Crippen LogP contribution in [0.4, 0.5) is 0 Å². The van der Waals surface area contributed by atoms with Gasteiger partial charge in [0, 0.05) is 17.5 Å². The molecule has 8 nitrogen and oxygen atoms in total. The normalized spacial score (nSPS) is 17.5. The molecule has 2 aliphatic rings. The number of hydrogen-bond acceptors (Lipinski definition) is 7. The third kappa shape index (κ3) is 4.11. The molecule has 0 unspecified atom stereocenters. The van der Waals surface area contributed by atoms with E-state index >= 15 is 0 Å². The Hall–Kier alpha value is -2.71. The maximum absolute atomic E-state index is 13.3. The van der Waals surface area contributed by atoms with Crippen LogP contribution in [0.15, 0.2) is 24.2 Å². The van der Waals surface area contributed by atoms with Crippen LogP contribution in [-0.2, 0) is 0 Å². The average Bonchev–Trinajstić information content (AvgIpc) is 3.14. The van der Waals surface area contributed by atoms with Crippen LogP contribution in [0.5, 0.6) is 5.75 Å². The highest BCUT2D eigenvalue weighted by Crippen LogP contribution is 2.28. The number of aryl methyl sites for hydroxylation is 2. The molecule has 0 saturated carbocycles. The Morgan fingerprint density at radius 1 is 1.23 bits per heavy atom. The van der Waals surface area contributed by atoms with Crippen molar-refractivity contribution in [1.82, 2.24) is 25.2 Å². The molecule has 4 heterocycles. The summed E-state index contributed by atoms with van der Waals surface area (Å²) in [6.45, 7) is 6.12. The third-order valence-corrected chi connectivity index (χ3v) is 5.98. The highest BCUT2D eigenvalue weighted by Gasteiger charge is 2.30. The molecule has 9 heteroatoms. The largest absolute Gasteiger partial charge is 0.488 e. The Bertz CT molecular complexity index is 980. The summed E-state index contributed by atoms with van der Waals surface area (Å²) in [6.07, 6.45) is 5.09. The molecule has 1 saturated heterocycles. The van der Waals surface area contributed by atoms with Crippen LogP contribution < -0.4 is 15.8 Å². The van der Waals surface area contributed by atoms with Gasteiger partial charge in [-0.05, 0) is 45.8 Å². The van der Waals surface area contributed by atoms with E-state index in [0.717, 1.165) is 31.5 Å². The molecule has 158 valence electrons. The summed E-state index contributed by atoms with van der Waals surface area (Å²) in [5.74, 6) is 0.876. The molecule has 2 aromatic heterocycles. The number of hydrogen-bond donors (Lipinski definition) is 2. The number of halogens is 1. The maximum atomic E-state index is 13.3. The number of rotatable bonds is 4. The maximum Gasteiger partial charge on any atom is 0.258 e. The summed E-state index contributed by atoms with van der Waals surface area (Å²) >= 11 is 6.19. The highest BCUT2D eigenvalue weighted by molar-refractivity contribution is 6.31. The van der Waals surface area contributed by atoms with Crippen molar-refractivity contribution in [1.29, 1.82) is 0 Å². The Morgan fingerprint density at radius 3 is 2.63 bits per heavy atom. The zero-order valence-corrected chi connectivity index (χ0v) is 17.9. The highest BCUT2D eigenvalue weighted by atomic mass is 35.5. The van der Waals surface area contributed by atoms with Crippen LogP contribution >= 0.6 is 11.6 Å². The Kier molecular flexibility index (Phi) is 5.87. The smallest absolute Gasteiger partial charge is 0.258 e. The van der Waals surface area contributed by atoms with Crippen molar-refractivity contribution in [2.45, 2.75) is 32.8 Å². The number of pyridine rings is 1. The predicted molar refractivity (Wildman–Crippen MR) is 114 cm³/mol. The monoisotopic (exact) mass is 428 g/mol. The fraction of sp³-hybridized carbons (Fsp3) is 0.429. The molecule has 1 fully saturated rings. The molecule has 0 atom stereocenters. The minimum Gasteiger partial charge on any atom is -0.488 e. The molecule has 4 rings (SSSR count). The van der Waals surface area contributed by atoms with Gasteiger partial charge < -0.3 is 20.7 Å². The number of carbonyl (C=O) groups excluding carboxylic acids is 1. The fourth-order valence-electron chi connectivity index (χ4n) is 3.76. The van der Waals surface area contributed by atoms with Gasteiger partial charge in [0.05, 0.1) is 41.3 Å². The van der Waals surface area contributed by atoms with Gasteiger partial charge in [-0.1, -0.05) is 11.6 Å². The molecule has 3 N–H and O–H groups in total. The molecule has 1 amide bonds. The lowest BCUT2D eigenvalue weighted by atomic mass is 10.1. The first-order chi connectivity index (χ1) is 14.4. The van der Waals surface area contributed by atoms with Gasteiger partial charge in [0.2, 0.25) is 0 Å². The van der Waals surface area contributed by atoms with E-state index in [2.05, 4.69) is 20.3 Å². The van der Waals surface area contributed by atoms with Crippen molar-refractivity contribution in [2.75, 3.05) is 26.2 Å². The van der Waals surface area contributed by atoms with Crippen LogP contribution in [0.25, 0.3) is 5.57 Å². The fourth-order valence-corrected chi connectivity index (χ4v) is 3.84. The average molecular weight is 429 g/mol. The van der Waals surface area contributed by atoms with Crippen LogP contribution in [0.2, 0.25) is 5.02 Å². The first kappa shape index (κ1) is 20.6. The SMILES string of the molecule is Cc1nc(C2=C(N)CN(C(=O)c3ccncc3OC3CCNCC3)C2)nc(C)c1Cl. The van der Waals surface area contributed by atoms with Gasteiger partial charge in [0.25, 0.3) is 5.91 Å². The number of amides is 1. The summed E-state index contributed by atoms with van der Waals surface area (Å²) < 4.78 is 6.12. The molecular formula is C21H25ClN6O2. The first-order valence-electron chi connectivity index (χ1n) is 10.0. The van der Waals surface area contributed by atoms with Gasteiger partial charge in [-0.3, -0.25) is 9.78 Å². The second-order valence-corrected chi connectivity index (χ2v) is 8.01. The van der Waals surface area contributed by atoms with Crippen molar-refractivity contribution in [3.05, 3.63) is 52.0 Å². The van der Waals surface area contributed by atoms with E-state index in [-0.39, 0.29) is 12.0 Å². The molecule has 0 bridgehead atoms. The minimum absolute atomic E-state index is 0.0766. The van der Waals surface area contributed by atoms with Gasteiger partial charge in [-0.25, -0.2) is 9.97 Å². The van der Waals surface area contributed by atoms with Crippen LogP contribution in [0.1, 0.15) is 40.4 Å². The molecule has 2 aromatic rings. The van der Waals surface area contributed by atoms with Crippen molar-refractivity contribution in [3.8, 4) is 5.75 Å². The van der Waals surface area contributed by atoms with Crippen LogP contribution in [-0.4, -0.2) is 58.0 Å². The van der Waals surface area contributed by atoms with Crippen molar-refractivity contribution in [2.24, 2.45) is 5.73 Å². The summed E-state index contributed by atoms with van der Waals surface area (Å²) in [5.41, 5.74) is 9.47. The number of aromatic nitrogens is 3. The molecule has 0 spiro atoms. The van der Waals surface area contributed by atoms with Gasteiger partial charge in [-0.2, -0.15) is 0 Å². The van der Waals surface area contributed by atoms with E-state index in [1.165, 1.54) is 0 Å². The lowest BCUT2D eigenvalue weighted by molar-refractivity contribution is 0.0788. The topological polar surface area (TPSA) is 106 Å². The van der Waals surface area contributed by atoms with E-state index in [4.69, 9.17) is 22.1 Å². The quantitative estimate of drug-likeness (QED) is 0.767. The number of carbonyl (C=O) groups is 1. The van der Waals surface area contributed by atoms with Crippen molar-refractivity contribution in [3.63, 3.8) is 0 Å². The van der Waals surface area contributed by atoms with Gasteiger partial charge in [0.1, 0.15) is 6.10 Å². The molecule has 0 radical (unpaired) electrons. The van der Waals surface area contributed by atoms with Gasteiger partial charge in [0.15, 0.2) is 11.6 Å². The van der Waals surface area contributed by atoms with Crippen LogP contribution in [0.3, 0.4) is 0 Å². The lowest BCUT2D eigenvalue weighted by Crippen LogP contribution is -2.35. The third-order valence-electron chi connectivity index (χ3n) is 5.43. The summed E-state index contributed by atoms with van der Waals surface area (Å²) in [6, 6.07) is 1.69. The Labute approximate surface area is 180 Å². The molecule has 2 aliphatic heterocycles.